The average Bonchev–Trinajstić information content (AvgIpc) is 3.30. The third kappa shape index (κ3) is 3.58. The standard InChI is InChI=1S/C25H39N3O3/c1-16-13-26-27-28(16)14-23(29)22-7-6-21-20-5-4-17-12-25(30,15-31-3)11-9-18(17)19(20)8-10-24(21,22)2/h13,17-22,30H,4-12,14-15H2,1-3H3/t17-,18+,19-,20-,21+,22-,24+,25-/m1/s1. The van der Waals surface area contributed by atoms with Crippen LogP contribution < -0.4 is 0 Å². The maximum absolute atomic E-state index is 13.3. The molecule has 1 aromatic rings. The summed E-state index contributed by atoms with van der Waals surface area (Å²) in [7, 11) is 1.70. The minimum atomic E-state index is -0.615. The van der Waals surface area contributed by atoms with Gasteiger partial charge in [0.15, 0.2) is 5.78 Å². The number of methoxy groups -OCH3 is 1. The van der Waals surface area contributed by atoms with Gasteiger partial charge in [-0.2, -0.15) is 0 Å². The number of rotatable bonds is 5. The van der Waals surface area contributed by atoms with E-state index in [4.69, 9.17) is 4.74 Å². The number of ketones is 1. The van der Waals surface area contributed by atoms with Gasteiger partial charge in [-0.25, -0.2) is 4.68 Å². The van der Waals surface area contributed by atoms with Gasteiger partial charge in [-0.15, -0.1) is 5.10 Å². The number of fused-ring (bicyclic) bond motifs is 5. The lowest BCUT2D eigenvalue weighted by Gasteiger charge is -2.57. The van der Waals surface area contributed by atoms with E-state index >= 15 is 0 Å². The molecule has 4 aliphatic carbocycles. The first-order valence-electron chi connectivity index (χ1n) is 12.4. The molecule has 0 amide bonds. The Labute approximate surface area is 186 Å². The van der Waals surface area contributed by atoms with Crippen molar-refractivity contribution in [1.29, 1.82) is 0 Å². The summed E-state index contributed by atoms with van der Waals surface area (Å²) in [5, 5.41) is 19.0. The van der Waals surface area contributed by atoms with Gasteiger partial charge < -0.3 is 9.84 Å². The Kier molecular flexibility index (Phi) is 5.53. The molecule has 4 fully saturated rings. The highest BCUT2D eigenvalue weighted by atomic mass is 16.5. The van der Waals surface area contributed by atoms with Crippen molar-refractivity contribution in [1.82, 2.24) is 15.0 Å². The van der Waals surface area contributed by atoms with Crippen molar-refractivity contribution in [2.24, 2.45) is 40.9 Å². The summed E-state index contributed by atoms with van der Waals surface area (Å²) < 4.78 is 7.09. The zero-order valence-electron chi connectivity index (χ0n) is 19.4. The second kappa shape index (κ2) is 7.95. The minimum Gasteiger partial charge on any atom is -0.387 e. The number of aliphatic hydroxyl groups is 1. The molecule has 0 bridgehead atoms. The number of hydrogen-bond acceptors (Lipinski definition) is 5. The van der Waals surface area contributed by atoms with Crippen LogP contribution >= 0.6 is 0 Å². The fourth-order valence-electron chi connectivity index (χ4n) is 8.61. The molecule has 0 aromatic carbocycles. The van der Waals surface area contributed by atoms with Gasteiger partial charge >= 0.3 is 0 Å². The van der Waals surface area contributed by atoms with E-state index in [2.05, 4.69) is 17.2 Å². The van der Waals surface area contributed by atoms with Crippen LogP contribution in [0.2, 0.25) is 0 Å². The van der Waals surface area contributed by atoms with E-state index in [0.29, 0.717) is 30.8 Å². The maximum atomic E-state index is 13.3. The van der Waals surface area contributed by atoms with Crippen LogP contribution in [0.4, 0.5) is 0 Å². The second-order valence-electron chi connectivity index (χ2n) is 11.5. The second-order valence-corrected chi connectivity index (χ2v) is 11.5. The molecule has 4 saturated carbocycles. The Morgan fingerprint density at radius 3 is 2.71 bits per heavy atom. The van der Waals surface area contributed by atoms with Gasteiger partial charge in [0.05, 0.1) is 24.1 Å². The Morgan fingerprint density at radius 1 is 1.16 bits per heavy atom. The topological polar surface area (TPSA) is 77.2 Å². The van der Waals surface area contributed by atoms with Gasteiger partial charge in [0.1, 0.15) is 6.54 Å². The first kappa shape index (κ1) is 21.6. The van der Waals surface area contributed by atoms with Crippen molar-refractivity contribution in [3.8, 4) is 0 Å². The molecule has 1 N–H and O–H groups in total. The predicted octanol–water partition coefficient (Wildman–Crippen LogP) is 3.80. The third-order valence-electron chi connectivity index (χ3n) is 10.0. The lowest BCUT2D eigenvalue weighted by atomic mass is 9.49. The van der Waals surface area contributed by atoms with Crippen molar-refractivity contribution in [3.05, 3.63) is 11.9 Å². The molecule has 0 saturated heterocycles. The van der Waals surface area contributed by atoms with Crippen LogP contribution in [0, 0.1) is 47.8 Å². The van der Waals surface area contributed by atoms with Gasteiger partial charge in [-0.05, 0) is 99.7 Å². The Balaban J connectivity index is 1.29. The largest absolute Gasteiger partial charge is 0.387 e. The molecular weight excluding hydrogens is 390 g/mol. The summed E-state index contributed by atoms with van der Waals surface area (Å²) in [6.45, 7) is 5.23. The quantitative estimate of drug-likeness (QED) is 0.770. The first-order chi connectivity index (χ1) is 14.8. The molecule has 5 rings (SSSR count). The van der Waals surface area contributed by atoms with E-state index in [1.807, 2.05) is 6.92 Å². The third-order valence-corrected chi connectivity index (χ3v) is 10.0. The van der Waals surface area contributed by atoms with E-state index in [-0.39, 0.29) is 11.3 Å². The van der Waals surface area contributed by atoms with E-state index < -0.39 is 5.60 Å². The number of Topliss-reactive ketones (excluding diaryl/α,β-unsaturated/α-hetero) is 1. The molecule has 0 spiro atoms. The molecular formula is C25H39N3O3. The molecule has 0 unspecified atom stereocenters. The zero-order valence-corrected chi connectivity index (χ0v) is 19.4. The number of carbonyl (C=O) groups excluding carboxylic acids is 1. The van der Waals surface area contributed by atoms with E-state index in [9.17, 15) is 9.90 Å². The monoisotopic (exact) mass is 429 g/mol. The van der Waals surface area contributed by atoms with Crippen LogP contribution in [0.1, 0.15) is 70.4 Å². The van der Waals surface area contributed by atoms with Gasteiger partial charge in [0, 0.05) is 13.0 Å². The number of nitrogens with zero attached hydrogens (tertiary/aromatic N) is 3. The normalized spacial score (nSPS) is 44.4. The summed E-state index contributed by atoms with van der Waals surface area (Å²) in [6, 6.07) is 0. The Morgan fingerprint density at radius 2 is 1.97 bits per heavy atom. The fraction of sp³-hybridized carbons (Fsp3) is 0.880. The van der Waals surface area contributed by atoms with E-state index in [1.54, 1.807) is 18.0 Å². The smallest absolute Gasteiger partial charge is 0.157 e. The van der Waals surface area contributed by atoms with Crippen molar-refractivity contribution < 1.29 is 14.6 Å². The molecule has 172 valence electrons. The maximum Gasteiger partial charge on any atom is 0.157 e. The van der Waals surface area contributed by atoms with Gasteiger partial charge in [-0.3, -0.25) is 4.79 Å². The lowest BCUT2D eigenvalue weighted by molar-refractivity contribution is -0.136. The summed E-state index contributed by atoms with van der Waals surface area (Å²) >= 11 is 0. The summed E-state index contributed by atoms with van der Waals surface area (Å²) in [5.74, 6) is 4.15. The molecule has 4 aliphatic rings. The predicted molar refractivity (Wildman–Crippen MR) is 117 cm³/mol. The molecule has 1 aromatic heterocycles. The first-order valence-corrected chi connectivity index (χ1v) is 12.4. The molecule has 31 heavy (non-hydrogen) atoms. The summed E-state index contributed by atoms with van der Waals surface area (Å²) in [4.78, 5) is 13.3. The average molecular weight is 430 g/mol. The highest BCUT2D eigenvalue weighted by molar-refractivity contribution is 5.82. The van der Waals surface area contributed by atoms with Crippen molar-refractivity contribution in [2.45, 2.75) is 83.8 Å². The number of hydrogen-bond donors (Lipinski definition) is 1. The molecule has 1 heterocycles. The van der Waals surface area contributed by atoms with Crippen molar-refractivity contribution in [2.75, 3.05) is 13.7 Å². The van der Waals surface area contributed by atoms with Crippen LogP contribution in [0.15, 0.2) is 6.20 Å². The SMILES string of the molecule is COC[C@@]1(O)CC[C@H]2[C@H](CC[C@@H]3[C@@H]2CC[C@]2(C)[C@@H](C(=O)Cn4nncc4C)CC[C@@H]32)C1. The molecule has 0 aliphatic heterocycles. The van der Waals surface area contributed by atoms with E-state index in [0.717, 1.165) is 49.1 Å². The van der Waals surface area contributed by atoms with Crippen LogP contribution in [-0.4, -0.2) is 45.2 Å². The lowest BCUT2D eigenvalue weighted by Crippen LogP contribution is -2.52. The highest BCUT2D eigenvalue weighted by Crippen LogP contribution is 2.64. The highest BCUT2D eigenvalue weighted by Gasteiger charge is 2.59. The summed E-state index contributed by atoms with van der Waals surface area (Å²) in [5.41, 5.74) is 0.488. The van der Waals surface area contributed by atoms with Crippen molar-refractivity contribution >= 4 is 5.78 Å². The van der Waals surface area contributed by atoms with Gasteiger partial charge in [0.2, 0.25) is 0 Å². The number of carbonyl (C=O) groups is 1. The fourth-order valence-corrected chi connectivity index (χ4v) is 8.61. The molecule has 8 atom stereocenters. The van der Waals surface area contributed by atoms with Gasteiger partial charge in [0.25, 0.3) is 0 Å². The minimum absolute atomic E-state index is 0.144. The molecule has 6 heteroatoms. The van der Waals surface area contributed by atoms with E-state index in [1.165, 1.54) is 32.1 Å². The number of aryl methyl sites for hydroxylation is 1. The number of aromatic nitrogens is 3. The molecule has 6 nitrogen and oxygen atoms in total. The van der Waals surface area contributed by atoms with Gasteiger partial charge in [-0.1, -0.05) is 12.1 Å². The van der Waals surface area contributed by atoms with Crippen molar-refractivity contribution in [3.63, 3.8) is 0 Å². The Bertz CT molecular complexity index is 825. The zero-order chi connectivity index (χ0) is 21.8. The van der Waals surface area contributed by atoms with Crippen LogP contribution in [-0.2, 0) is 16.1 Å². The number of ether oxygens (including phenoxy) is 1. The summed E-state index contributed by atoms with van der Waals surface area (Å²) in [6.07, 6.45) is 11.9. The Hall–Kier alpha value is -1.27. The van der Waals surface area contributed by atoms with Crippen LogP contribution in [0.5, 0.6) is 0 Å². The molecule has 0 radical (unpaired) electrons. The van der Waals surface area contributed by atoms with Crippen LogP contribution in [0.25, 0.3) is 0 Å². The van der Waals surface area contributed by atoms with Crippen LogP contribution in [0.3, 0.4) is 0 Å².